The Bertz CT molecular complexity index is 750. The minimum atomic E-state index is -0.911. The van der Waals surface area contributed by atoms with E-state index in [4.69, 9.17) is 9.47 Å². The quantitative estimate of drug-likeness (QED) is 0.387. The number of carbonyl (C=O) groups excluding carboxylic acids is 2. The van der Waals surface area contributed by atoms with E-state index in [-0.39, 0.29) is 18.6 Å². The van der Waals surface area contributed by atoms with Gasteiger partial charge in [0, 0.05) is 25.2 Å². The minimum Gasteiger partial charge on any atom is -0.497 e. The third-order valence-corrected chi connectivity index (χ3v) is 3.99. The zero-order chi connectivity index (χ0) is 19.8. The molecule has 144 valence electrons. The number of hydrogen-bond acceptors (Lipinski definition) is 6. The second kappa shape index (κ2) is 9.73. The SMILES string of the molecule is CNC(=O)N(/C=C(/C#Cc1ccc(OC)cc1)C=O)[C@H]1C[C@H](O)[C@@H](CO)O1. The molecule has 0 bridgehead atoms. The Kier molecular flexibility index (Phi) is 7.37. The summed E-state index contributed by atoms with van der Waals surface area (Å²) in [7, 11) is 2.99. The number of nitrogens with zero attached hydrogens (tertiary/aromatic N) is 1. The first kappa shape index (κ1) is 20.5. The monoisotopic (exact) mass is 374 g/mol. The Morgan fingerprint density at radius 3 is 2.67 bits per heavy atom. The second-order valence-electron chi connectivity index (χ2n) is 5.76. The summed E-state index contributed by atoms with van der Waals surface area (Å²) in [4.78, 5) is 24.7. The number of hydrogen-bond donors (Lipinski definition) is 3. The summed E-state index contributed by atoms with van der Waals surface area (Å²) in [5.41, 5.74) is 0.725. The van der Waals surface area contributed by atoms with Gasteiger partial charge in [0.05, 0.1) is 25.4 Å². The molecule has 1 saturated heterocycles. The molecule has 2 amide bonds. The second-order valence-corrected chi connectivity index (χ2v) is 5.76. The van der Waals surface area contributed by atoms with Gasteiger partial charge in [-0.25, -0.2) is 4.79 Å². The summed E-state index contributed by atoms with van der Waals surface area (Å²) >= 11 is 0. The van der Waals surface area contributed by atoms with Crippen LogP contribution in [0, 0.1) is 11.8 Å². The molecule has 3 atom stereocenters. The number of urea groups is 1. The van der Waals surface area contributed by atoms with Gasteiger partial charge in [0.25, 0.3) is 0 Å². The predicted octanol–water partition coefficient (Wildman–Crippen LogP) is 0.239. The summed E-state index contributed by atoms with van der Waals surface area (Å²) in [6, 6.07) is 6.44. The van der Waals surface area contributed by atoms with Crippen LogP contribution in [0.5, 0.6) is 5.75 Å². The Balaban J connectivity index is 2.24. The van der Waals surface area contributed by atoms with Crippen LogP contribution in [0.25, 0.3) is 0 Å². The lowest BCUT2D eigenvalue weighted by molar-refractivity contribution is -0.104. The van der Waals surface area contributed by atoms with Crippen molar-refractivity contribution in [2.45, 2.75) is 24.9 Å². The van der Waals surface area contributed by atoms with Crippen molar-refractivity contribution in [3.8, 4) is 17.6 Å². The lowest BCUT2D eigenvalue weighted by Crippen LogP contribution is -2.42. The molecule has 1 fully saturated rings. The summed E-state index contributed by atoms with van der Waals surface area (Å²) in [6.07, 6.45) is -0.630. The van der Waals surface area contributed by atoms with Crippen molar-refractivity contribution in [3.63, 3.8) is 0 Å². The van der Waals surface area contributed by atoms with Gasteiger partial charge >= 0.3 is 6.03 Å². The molecular weight excluding hydrogens is 352 g/mol. The van der Waals surface area contributed by atoms with Gasteiger partial charge in [-0.3, -0.25) is 9.69 Å². The Labute approximate surface area is 157 Å². The highest BCUT2D eigenvalue weighted by atomic mass is 16.5. The van der Waals surface area contributed by atoms with Gasteiger partial charge in [0.15, 0.2) is 6.29 Å². The molecule has 0 saturated carbocycles. The maximum atomic E-state index is 12.2. The molecule has 0 spiro atoms. The van der Waals surface area contributed by atoms with E-state index in [1.807, 2.05) is 0 Å². The van der Waals surface area contributed by atoms with Crippen LogP contribution in [0.1, 0.15) is 12.0 Å². The van der Waals surface area contributed by atoms with Crippen molar-refractivity contribution in [1.82, 2.24) is 10.2 Å². The van der Waals surface area contributed by atoms with E-state index < -0.39 is 24.5 Å². The number of allylic oxidation sites excluding steroid dienone is 1. The van der Waals surface area contributed by atoms with Crippen molar-refractivity contribution >= 4 is 12.3 Å². The zero-order valence-corrected chi connectivity index (χ0v) is 15.1. The Hall–Kier alpha value is -2.86. The van der Waals surface area contributed by atoms with Gasteiger partial charge in [-0.1, -0.05) is 11.8 Å². The van der Waals surface area contributed by atoms with E-state index in [9.17, 15) is 19.8 Å². The van der Waals surface area contributed by atoms with Gasteiger partial charge in [-0.2, -0.15) is 0 Å². The normalized spacial score (nSPS) is 21.8. The number of benzene rings is 1. The van der Waals surface area contributed by atoms with Crippen LogP contribution in [0.3, 0.4) is 0 Å². The lowest BCUT2D eigenvalue weighted by Gasteiger charge is -2.24. The molecule has 3 N–H and O–H groups in total. The number of rotatable bonds is 5. The zero-order valence-electron chi connectivity index (χ0n) is 15.1. The van der Waals surface area contributed by atoms with E-state index in [0.29, 0.717) is 17.6 Å². The number of nitrogens with one attached hydrogen (secondary N) is 1. The smallest absolute Gasteiger partial charge is 0.323 e. The Morgan fingerprint density at radius 2 is 2.15 bits per heavy atom. The number of methoxy groups -OCH3 is 1. The summed E-state index contributed by atoms with van der Waals surface area (Å²) in [5.74, 6) is 6.23. The van der Waals surface area contributed by atoms with E-state index in [1.54, 1.807) is 31.4 Å². The van der Waals surface area contributed by atoms with Crippen molar-refractivity contribution < 1.29 is 29.3 Å². The van der Waals surface area contributed by atoms with Crippen LogP contribution in [0.2, 0.25) is 0 Å². The first-order chi connectivity index (χ1) is 13.0. The topological polar surface area (TPSA) is 108 Å². The molecule has 8 heteroatoms. The third kappa shape index (κ3) is 5.31. The molecule has 0 aliphatic carbocycles. The molecule has 1 aromatic carbocycles. The summed E-state index contributed by atoms with van der Waals surface area (Å²) in [5, 5.41) is 21.5. The highest BCUT2D eigenvalue weighted by Crippen LogP contribution is 2.24. The highest BCUT2D eigenvalue weighted by molar-refractivity contribution is 5.83. The predicted molar refractivity (Wildman–Crippen MR) is 96.7 cm³/mol. The van der Waals surface area contributed by atoms with Crippen molar-refractivity contribution in [2.24, 2.45) is 0 Å². The minimum absolute atomic E-state index is 0.0555. The molecule has 0 radical (unpaired) electrons. The van der Waals surface area contributed by atoms with Gasteiger partial charge < -0.3 is 25.0 Å². The van der Waals surface area contributed by atoms with Crippen molar-refractivity contribution in [3.05, 3.63) is 41.6 Å². The lowest BCUT2D eigenvalue weighted by atomic mass is 10.2. The van der Waals surface area contributed by atoms with E-state index in [0.717, 1.165) is 4.90 Å². The molecule has 0 unspecified atom stereocenters. The van der Waals surface area contributed by atoms with Crippen molar-refractivity contribution in [2.75, 3.05) is 20.8 Å². The van der Waals surface area contributed by atoms with Crippen LogP contribution < -0.4 is 10.1 Å². The molecule has 8 nitrogen and oxygen atoms in total. The van der Waals surface area contributed by atoms with Gasteiger partial charge in [0.2, 0.25) is 0 Å². The first-order valence-electron chi connectivity index (χ1n) is 8.29. The number of aliphatic hydroxyl groups excluding tert-OH is 2. The van der Waals surface area contributed by atoms with Crippen LogP contribution in [0.15, 0.2) is 36.0 Å². The molecule has 2 rings (SSSR count). The number of ether oxygens (including phenoxy) is 2. The van der Waals surface area contributed by atoms with Gasteiger partial charge in [-0.15, -0.1) is 0 Å². The molecule has 1 aliphatic heterocycles. The number of amides is 2. The maximum Gasteiger partial charge on any atom is 0.323 e. The van der Waals surface area contributed by atoms with Crippen molar-refractivity contribution in [1.29, 1.82) is 0 Å². The maximum absolute atomic E-state index is 12.2. The fourth-order valence-corrected chi connectivity index (χ4v) is 2.51. The number of aliphatic hydroxyl groups is 2. The van der Waals surface area contributed by atoms with E-state index in [1.165, 1.54) is 13.2 Å². The van der Waals surface area contributed by atoms with Crippen LogP contribution in [-0.4, -0.2) is 66.6 Å². The number of carbonyl (C=O) groups is 2. The van der Waals surface area contributed by atoms with Gasteiger partial charge in [0.1, 0.15) is 18.1 Å². The van der Waals surface area contributed by atoms with Gasteiger partial charge in [-0.05, 0) is 24.3 Å². The Morgan fingerprint density at radius 1 is 1.44 bits per heavy atom. The summed E-state index contributed by atoms with van der Waals surface area (Å²) < 4.78 is 10.6. The molecular formula is C19H22N2O6. The van der Waals surface area contributed by atoms with Crippen LogP contribution >= 0.6 is 0 Å². The largest absolute Gasteiger partial charge is 0.497 e. The molecule has 1 aromatic rings. The molecule has 0 aromatic heterocycles. The molecule has 1 aliphatic rings. The summed E-state index contributed by atoms with van der Waals surface area (Å²) in [6.45, 7) is -0.374. The fourth-order valence-electron chi connectivity index (χ4n) is 2.51. The molecule has 1 heterocycles. The average Bonchev–Trinajstić information content (AvgIpc) is 3.08. The fraction of sp³-hybridized carbons (Fsp3) is 0.368. The van der Waals surface area contributed by atoms with Crippen LogP contribution in [-0.2, 0) is 9.53 Å². The van der Waals surface area contributed by atoms with E-state index in [2.05, 4.69) is 17.2 Å². The standard InChI is InChI=1S/C19H22N2O6/c1-20-19(25)21(18-9-16(24)17(12-23)27-18)10-14(11-22)4-3-13-5-7-15(26-2)8-6-13/h5-8,10-11,16-18,23-24H,9,12H2,1-2H3,(H,20,25)/b14-10-/t16-,17+,18+/m0/s1. The first-order valence-corrected chi connectivity index (χ1v) is 8.29. The highest BCUT2D eigenvalue weighted by Gasteiger charge is 2.38. The van der Waals surface area contributed by atoms with E-state index >= 15 is 0 Å². The molecule has 27 heavy (non-hydrogen) atoms. The van der Waals surface area contributed by atoms with Crippen LogP contribution in [0.4, 0.5) is 4.79 Å². The number of aldehydes is 1. The third-order valence-electron chi connectivity index (χ3n) is 3.99. The average molecular weight is 374 g/mol.